The number of hydrazine groups is 1. The van der Waals surface area contributed by atoms with Crippen molar-refractivity contribution in [1.29, 1.82) is 0 Å². The van der Waals surface area contributed by atoms with Gasteiger partial charge in [-0.25, -0.2) is 0 Å². The number of benzene rings is 2. The summed E-state index contributed by atoms with van der Waals surface area (Å²) < 4.78 is 5.64. The summed E-state index contributed by atoms with van der Waals surface area (Å²) in [7, 11) is 0. The lowest BCUT2D eigenvalue weighted by molar-refractivity contribution is -0.134. The second-order valence-electron chi connectivity index (χ2n) is 7.16. The number of para-hydroxylation sites is 1. The summed E-state index contributed by atoms with van der Waals surface area (Å²) in [6.07, 6.45) is -0.653. The maximum absolute atomic E-state index is 12.4. The Bertz CT molecular complexity index is 885. The van der Waals surface area contributed by atoms with Crippen LogP contribution in [0.1, 0.15) is 24.5 Å². The molecule has 2 aromatic rings. The molecular weight excluding hydrogens is 370 g/mol. The number of rotatable bonds is 6. The minimum atomic E-state index is -0.781. The first-order valence-corrected chi connectivity index (χ1v) is 9.57. The molecule has 1 saturated heterocycles. The lowest BCUT2D eigenvalue weighted by Crippen LogP contribution is -2.49. The fourth-order valence-corrected chi connectivity index (χ4v) is 3.16. The minimum absolute atomic E-state index is 0.0726. The molecule has 1 aliphatic rings. The molecule has 152 valence electrons. The summed E-state index contributed by atoms with van der Waals surface area (Å²) in [4.78, 5) is 38.5. The molecule has 0 spiro atoms. The van der Waals surface area contributed by atoms with Crippen LogP contribution in [0.2, 0.25) is 0 Å². The third kappa shape index (κ3) is 5.34. The number of hydrogen-bond acceptors (Lipinski definition) is 4. The highest BCUT2D eigenvalue weighted by Crippen LogP contribution is 2.20. The molecule has 0 aromatic heterocycles. The molecule has 3 amide bonds. The normalized spacial score (nSPS) is 17.0. The number of ether oxygens (including phenoxy) is 1. The van der Waals surface area contributed by atoms with Crippen molar-refractivity contribution in [1.82, 2.24) is 15.8 Å². The summed E-state index contributed by atoms with van der Waals surface area (Å²) in [6.45, 7) is 4.29. The molecule has 2 unspecified atom stereocenters. The Kier molecular flexibility index (Phi) is 6.49. The van der Waals surface area contributed by atoms with Gasteiger partial charge in [0.2, 0.25) is 11.8 Å². The van der Waals surface area contributed by atoms with Gasteiger partial charge in [0.05, 0.1) is 5.92 Å². The predicted molar refractivity (Wildman–Crippen MR) is 108 cm³/mol. The quantitative estimate of drug-likeness (QED) is 0.732. The first-order valence-electron chi connectivity index (χ1n) is 9.57. The van der Waals surface area contributed by atoms with Crippen molar-refractivity contribution in [3.63, 3.8) is 0 Å². The third-order valence-corrected chi connectivity index (χ3v) is 4.88. The number of hydrogen-bond donors (Lipinski definition) is 2. The van der Waals surface area contributed by atoms with Gasteiger partial charge in [-0.3, -0.25) is 25.2 Å². The van der Waals surface area contributed by atoms with Crippen molar-refractivity contribution in [2.24, 2.45) is 5.92 Å². The van der Waals surface area contributed by atoms with Gasteiger partial charge in [-0.2, -0.15) is 0 Å². The number of likely N-dealkylation sites (tertiary alicyclic amines) is 1. The van der Waals surface area contributed by atoms with E-state index in [0.29, 0.717) is 18.8 Å². The van der Waals surface area contributed by atoms with Gasteiger partial charge in [-0.05, 0) is 31.0 Å². The zero-order valence-corrected chi connectivity index (χ0v) is 16.6. The molecule has 2 aromatic carbocycles. The van der Waals surface area contributed by atoms with Crippen LogP contribution in [0.3, 0.4) is 0 Å². The van der Waals surface area contributed by atoms with E-state index in [1.807, 2.05) is 55.5 Å². The SMILES string of the molecule is Cc1ccccc1OC(C)C(=O)NNC(=O)C1CC(=O)N(Cc2ccccc2)C1. The lowest BCUT2D eigenvalue weighted by Gasteiger charge is -2.18. The van der Waals surface area contributed by atoms with E-state index in [2.05, 4.69) is 10.9 Å². The van der Waals surface area contributed by atoms with E-state index in [0.717, 1.165) is 11.1 Å². The molecular formula is C22H25N3O4. The van der Waals surface area contributed by atoms with Gasteiger partial charge in [0, 0.05) is 19.5 Å². The number of amides is 3. The van der Waals surface area contributed by atoms with Gasteiger partial charge in [0.25, 0.3) is 5.91 Å². The molecule has 1 fully saturated rings. The maximum Gasteiger partial charge on any atom is 0.279 e. The summed E-state index contributed by atoms with van der Waals surface area (Å²) in [6, 6.07) is 17.0. The van der Waals surface area contributed by atoms with Crippen LogP contribution in [0.5, 0.6) is 5.75 Å². The Morgan fingerprint density at radius 2 is 1.79 bits per heavy atom. The molecule has 2 N–H and O–H groups in total. The number of aryl methyl sites for hydroxylation is 1. The van der Waals surface area contributed by atoms with E-state index < -0.39 is 17.9 Å². The topological polar surface area (TPSA) is 87.7 Å². The standard InChI is InChI=1S/C22H25N3O4/c1-15-8-6-7-11-19(15)29-16(2)21(27)23-24-22(28)18-12-20(26)25(14-18)13-17-9-4-3-5-10-17/h3-11,16,18H,12-14H2,1-2H3,(H,23,27)(H,24,28). The molecule has 7 heteroatoms. The minimum Gasteiger partial charge on any atom is -0.481 e. The highest BCUT2D eigenvalue weighted by Gasteiger charge is 2.34. The molecule has 29 heavy (non-hydrogen) atoms. The summed E-state index contributed by atoms with van der Waals surface area (Å²) in [5.41, 5.74) is 6.73. The first-order chi connectivity index (χ1) is 13.9. The molecule has 0 radical (unpaired) electrons. The lowest BCUT2D eigenvalue weighted by atomic mass is 10.1. The Morgan fingerprint density at radius 1 is 1.10 bits per heavy atom. The summed E-state index contributed by atoms with van der Waals surface area (Å²) in [5, 5.41) is 0. The number of carbonyl (C=O) groups is 3. The number of carbonyl (C=O) groups excluding carboxylic acids is 3. The number of nitrogens with one attached hydrogen (secondary N) is 2. The van der Waals surface area contributed by atoms with Crippen molar-refractivity contribution in [3.8, 4) is 5.75 Å². The second-order valence-corrected chi connectivity index (χ2v) is 7.16. The van der Waals surface area contributed by atoms with Crippen LogP contribution in [-0.2, 0) is 20.9 Å². The van der Waals surface area contributed by atoms with Crippen molar-refractivity contribution >= 4 is 17.7 Å². The van der Waals surface area contributed by atoms with Crippen LogP contribution < -0.4 is 15.6 Å². The Hall–Kier alpha value is -3.35. The van der Waals surface area contributed by atoms with Crippen molar-refractivity contribution in [2.75, 3.05) is 6.54 Å². The Balaban J connectivity index is 1.47. The zero-order valence-electron chi connectivity index (χ0n) is 16.6. The van der Waals surface area contributed by atoms with E-state index in [9.17, 15) is 14.4 Å². The van der Waals surface area contributed by atoms with Gasteiger partial charge in [0.1, 0.15) is 5.75 Å². The molecule has 0 saturated carbocycles. The average Bonchev–Trinajstić information content (AvgIpc) is 3.08. The van der Waals surface area contributed by atoms with Crippen molar-refractivity contribution in [2.45, 2.75) is 32.9 Å². The molecule has 1 aliphatic heterocycles. The summed E-state index contributed by atoms with van der Waals surface area (Å²) >= 11 is 0. The fourth-order valence-electron chi connectivity index (χ4n) is 3.16. The largest absolute Gasteiger partial charge is 0.481 e. The molecule has 0 aliphatic carbocycles. The van der Waals surface area contributed by atoms with E-state index in [1.165, 1.54) is 0 Å². The van der Waals surface area contributed by atoms with Crippen LogP contribution in [0, 0.1) is 12.8 Å². The number of nitrogens with zero attached hydrogens (tertiary/aromatic N) is 1. The maximum atomic E-state index is 12.4. The van der Waals surface area contributed by atoms with Crippen LogP contribution in [0.4, 0.5) is 0 Å². The third-order valence-electron chi connectivity index (χ3n) is 4.88. The van der Waals surface area contributed by atoms with Crippen LogP contribution in [-0.4, -0.2) is 35.3 Å². The Labute approximate surface area is 170 Å². The van der Waals surface area contributed by atoms with E-state index >= 15 is 0 Å². The predicted octanol–water partition coefficient (Wildman–Crippen LogP) is 1.96. The highest BCUT2D eigenvalue weighted by atomic mass is 16.5. The van der Waals surface area contributed by atoms with E-state index in [-0.39, 0.29) is 18.2 Å². The average molecular weight is 395 g/mol. The first kappa shape index (κ1) is 20.4. The van der Waals surface area contributed by atoms with Gasteiger partial charge in [-0.15, -0.1) is 0 Å². The van der Waals surface area contributed by atoms with Crippen molar-refractivity contribution < 1.29 is 19.1 Å². The van der Waals surface area contributed by atoms with Gasteiger partial charge in [-0.1, -0.05) is 48.5 Å². The molecule has 3 rings (SSSR count). The van der Waals surface area contributed by atoms with Gasteiger partial charge < -0.3 is 9.64 Å². The monoisotopic (exact) mass is 395 g/mol. The molecule has 7 nitrogen and oxygen atoms in total. The van der Waals surface area contributed by atoms with Gasteiger partial charge in [0.15, 0.2) is 6.10 Å². The second kappa shape index (κ2) is 9.23. The van der Waals surface area contributed by atoms with Crippen molar-refractivity contribution in [3.05, 3.63) is 65.7 Å². The molecule has 1 heterocycles. The molecule has 0 bridgehead atoms. The molecule has 2 atom stereocenters. The van der Waals surface area contributed by atoms with Crippen LogP contribution in [0.15, 0.2) is 54.6 Å². The highest BCUT2D eigenvalue weighted by molar-refractivity contribution is 5.90. The zero-order chi connectivity index (χ0) is 20.8. The Morgan fingerprint density at radius 3 is 2.52 bits per heavy atom. The van der Waals surface area contributed by atoms with Gasteiger partial charge >= 0.3 is 0 Å². The van der Waals surface area contributed by atoms with E-state index in [4.69, 9.17) is 4.74 Å². The van der Waals surface area contributed by atoms with Crippen LogP contribution >= 0.6 is 0 Å². The fraction of sp³-hybridized carbons (Fsp3) is 0.318. The summed E-state index contributed by atoms with van der Waals surface area (Å²) in [5.74, 6) is -0.812. The smallest absolute Gasteiger partial charge is 0.279 e. The van der Waals surface area contributed by atoms with E-state index in [1.54, 1.807) is 17.9 Å². The van der Waals surface area contributed by atoms with Crippen LogP contribution in [0.25, 0.3) is 0 Å².